The van der Waals surface area contributed by atoms with Gasteiger partial charge in [0.15, 0.2) is 23.0 Å². The van der Waals surface area contributed by atoms with Crippen molar-refractivity contribution in [1.82, 2.24) is 0 Å². The van der Waals surface area contributed by atoms with E-state index in [4.69, 9.17) is 33.2 Å². The molecule has 2 N–H and O–H groups in total. The molecule has 13 heteroatoms. The van der Waals surface area contributed by atoms with Crippen LogP contribution in [0.4, 0.5) is 0 Å². The molecule has 1 aliphatic carbocycles. The summed E-state index contributed by atoms with van der Waals surface area (Å²) in [6.07, 6.45) is -1.58. The number of fused-ring (bicyclic) bond motifs is 3. The van der Waals surface area contributed by atoms with Crippen molar-refractivity contribution in [2.75, 3.05) is 27.1 Å². The summed E-state index contributed by atoms with van der Waals surface area (Å²) in [4.78, 5) is 36.8. The van der Waals surface area contributed by atoms with E-state index < -0.39 is 48.7 Å². The third-order valence-electron chi connectivity index (χ3n) is 8.85. The van der Waals surface area contributed by atoms with Crippen molar-refractivity contribution < 1.29 is 57.8 Å². The fourth-order valence-corrected chi connectivity index (χ4v) is 7.90. The van der Waals surface area contributed by atoms with Crippen molar-refractivity contribution in [3.05, 3.63) is 46.5 Å². The molecule has 8 unspecified atom stereocenters. The lowest BCUT2D eigenvalue weighted by molar-refractivity contribution is -0.183. The van der Waals surface area contributed by atoms with Gasteiger partial charge in [0.1, 0.15) is 18.8 Å². The van der Waals surface area contributed by atoms with E-state index in [0.29, 0.717) is 23.5 Å². The van der Waals surface area contributed by atoms with Crippen LogP contribution < -0.4 is 14.2 Å². The van der Waals surface area contributed by atoms with Gasteiger partial charge in [-0.3, -0.25) is 14.4 Å². The summed E-state index contributed by atoms with van der Waals surface area (Å²) in [6.45, 7) is 2.21. The van der Waals surface area contributed by atoms with Crippen LogP contribution in [0.3, 0.4) is 0 Å². The van der Waals surface area contributed by atoms with Gasteiger partial charge >= 0.3 is 17.9 Å². The smallest absolute Gasteiger partial charge is 0.310 e. The first-order valence-electron chi connectivity index (χ1n) is 14.3. The number of benzene rings is 2. The number of ether oxygens (including phenoxy) is 7. The number of esters is 3. The topological polar surface area (TPSA) is 156 Å². The fourth-order valence-electron chi connectivity index (χ4n) is 7.08. The third-order valence-corrected chi connectivity index (χ3v) is 9.75. The van der Waals surface area contributed by atoms with Gasteiger partial charge in [-0.25, -0.2) is 0 Å². The van der Waals surface area contributed by atoms with Crippen LogP contribution in [0.5, 0.6) is 23.0 Å². The standard InChI is InChI=1S/C31H33BrO12/c1-13(34)39-11-25-30(43-14(2)35)20(32)8-23(44-25)27-18-7-22-21(41-12-42-22)6-17(18)26(28-19(27)10-40-31(28)37)15-4-16(9-33)29(36)24(5-15)38-3/h4-7,19-20,23,25-28,30,33,36H,8-12H2,1-3H3. The Labute approximate surface area is 261 Å². The zero-order valence-corrected chi connectivity index (χ0v) is 25.9. The molecule has 0 amide bonds. The summed E-state index contributed by atoms with van der Waals surface area (Å²) in [6, 6.07) is 7.11. The summed E-state index contributed by atoms with van der Waals surface area (Å²) < 4.78 is 40.1. The van der Waals surface area contributed by atoms with Crippen LogP contribution in [0, 0.1) is 11.8 Å². The average molecular weight is 677 g/mol. The third kappa shape index (κ3) is 5.34. The zero-order chi connectivity index (χ0) is 31.3. The molecule has 236 valence electrons. The highest BCUT2D eigenvalue weighted by Gasteiger charge is 2.56. The first kappa shape index (κ1) is 30.5. The molecular formula is C31H33BrO12. The molecule has 0 saturated carbocycles. The number of aliphatic hydroxyl groups is 1. The van der Waals surface area contributed by atoms with Crippen LogP contribution in [0.1, 0.15) is 54.4 Å². The number of methoxy groups -OCH3 is 1. The Morgan fingerprint density at radius 1 is 1.02 bits per heavy atom. The highest BCUT2D eigenvalue weighted by molar-refractivity contribution is 9.09. The molecule has 6 rings (SSSR count). The number of carbonyl (C=O) groups excluding carboxylic acids is 3. The van der Waals surface area contributed by atoms with Gasteiger partial charge in [0.2, 0.25) is 6.79 Å². The first-order chi connectivity index (χ1) is 21.1. The second kappa shape index (κ2) is 12.1. The van der Waals surface area contributed by atoms with Gasteiger partial charge in [-0.05, 0) is 47.4 Å². The van der Waals surface area contributed by atoms with E-state index in [1.54, 1.807) is 12.1 Å². The molecule has 8 atom stereocenters. The minimum absolute atomic E-state index is 0.0437. The number of carbonyl (C=O) groups is 3. The fraction of sp³-hybridized carbons (Fsp3) is 0.516. The molecule has 12 nitrogen and oxygen atoms in total. The highest BCUT2D eigenvalue weighted by Crippen LogP contribution is 2.58. The van der Waals surface area contributed by atoms with Crippen LogP contribution >= 0.6 is 15.9 Å². The predicted molar refractivity (Wildman–Crippen MR) is 154 cm³/mol. The number of cyclic esters (lactones) is 1. The van der Waals surface area contributed by atoms with Crippen molar-refractivity contribution in [3.8, 4) is 23.0 Å². The Bertz CT molecular complexity index is 1450. The molecule has 2 saturated heterocycles. The lowest BCUT2D eigenvalue weighted by atomic mass is 9.61. The van der Waals surface area contributed by atoms with Crippen molar-refractivity contribution in [2.24, 2.45) is 11.8 Å². The maximum absolute atomic E-state index is 13.5. The van der Waals surface area contributed by atoms with Gasteiger partial charge in [-0.1, -0.05) is 15.9 Å². The molecule has 0 radical (unpaired) electrons. The number of rotatable bonds is 7. The van der Waals surface area contributed by atoms with Crippen LogP contribution in [-0.4, -0.2) is 78.4 Å². The average Bonchev–Trinajstić information content (AvgIpc) is 3.61. The monoisotopic (exact) mass is 676 g/mol. The molecule has 3 aliphatic heterocycles. The minimum atomic E-state index is -0.772. The first-order valence-corrected chi connectivity index (χ1v) is 15.2. The number of phenols is 1. The van der Waals surface area contributed by atoms with Crippen LogP contribution in [0.2, 0.25) is 0 Å². The maximum atomic E-state index is 13.5. The van der Waals surface area contributed by atoms with Gasteiger partial charge < -0.3 is 43.4 Å². The summed E-state index contributed by atoms with van der Waals surface area (Å²) in [5.41, 5.74) is 2.55. The second-order valence-electron chi connectivity index (χ2n) is 11.4. The zero-order valence-electron chi connectivity index (χ0n) is 24.3. The Balaban J connectivity index is 1.48. The van der Waals surface area contributed by atoms with E-state index in [-0.39, 0.29) is 59.7 Å². The Hall–Kier alpha value is -3.55. The molecular weight excluding hydrogens is 644 g/mol. The van der Waals surface area contributed by atoms with E-state index >= 15 is 0 Å². The molecule has 3 heterocycles. The number of halogens is 1. The molecule has 0 bridgehead atoms. The van der Waals surface area contributed by atoms with Crippen molar-refractivity contribution in [2.45, 2.75) is 61.9 Å². The molecule has 0 aromatic heterocycles. The Kier molecular flexibility index (Phi) is 8.38. The second-order valence-corrected chi connectivity index (χ2v) is 12.6. The summed E-state index contributed by atoms with van der Waals surface area (Å²) >= 11 is 3.70. The SMILES string of the molecule is COc1cc(C2c3cc4c(cc3C(C3CC(Br)C(OC(C)=O)C(COC(C)=O)O3)C3COC(=O)C23)OCO4)cc(CO)c1O. The molecule has 4 aliphatic rings. The molecule has 2 aromatic rings. The lowest BCUT2D eigenvalue weighted by Crippen LogP contribution is -2.53. The number of alkyl halides is 1. The van der Waals surface area contributed by atoms with Gasteiger partial charge in [0, 0.05) is 37.2 Å². The van der Waals surface area contributed by atoms with Gasteiger partial charge in [-0.2, -0.15) is 0 Å². The number of aromatic hydroxyl groups is 1. The van der Waals surface area contributed by atoms with Crippen LogP contribution in [0.25, 0.3) is 0 Å². The Morgan fingerprint density at radius 3 is 2.41 bits per heavy atom. The van der Waals surface area contributed by atoms with Gasteiger partial charge in [0.05, 0.1) is 37.2 Å². The van der Waals surface area contributed by atoms with Crippen LogP contribution in [-0.2, 0) is 39.9 Å². The van der Waals surface area contributed by atoms with Crippen LogP contribution in [0.15, 0.2) is 24.3 Å². The summed E-state index contributed by atoms with van der Waals surface area (Å²) in [5, 5.41) is 20.6. The highest BCUT2D eigenvalue weighted by atomic mass is 79.9. The number of hydrogen-bond donors (Lipinski definition) is 2. The summed E-state index contributed by atoms with van der Waals surface area (Å²) in [7, 11) is 1.42. The quantitative estimate of drug-likeness (QED) is 0.251. The van der Waals surface area contributed by atoms with Crippen molar-refractivity contribution in [3.63, 3.8) is 0 Å². The van der Waals surface area contributed by atoms with Crippen molar-refractivity contribution in [1.29, 1.82) is 0 Å². The molecule has 2 aromatic carbocycles. The molecule has 2 fully saturated rings. The Morgan fingerprint density at radius 2 is 1.75 bits per heavy atom. The van der Waals surface area contributed by atoms with Gasteiger partial charge in [-0.15, -0.1) is 0 Å². The molecule has 44 heavy (non-hydrogen) atoms. The minimum Gasteiger partial charge on any atom is -0.504 e. The number of hydrogen-bond acceptors (Lipinski definition) is 12. The largest absolute Gasteiger partial charge is 0.504 e. The molecule has 0 spiro atoms. The van der Waals surface area contributed by atoms with Gasteiger partial charge in [0.25, 0.3) is 0 Å². The predicted octanol–water partition coefficient (Wildman–Crippen LogP) is 3.06. The normalized spacial score (nSPS) is 30.2. The van der Waals surface area contributed by atoms with E-state index in [1.807, 2.05) is 12.1 Å². The number of aliphatic hydroxyl groups excluding tert-OH is 1. The van der Waals surface area contributed by atoms with E-state index in [9.17, 15) is 24.6 Å². The maximum Gasteiger partial charge on any atom is 0.310 e. The van der Waals surface area contributed by atoms with E-state index in [0.717, 1.165) is 11.1 Å². The van der Waals surface area contributed by atoms with E-state index in [1.165, 1.54) is 21.0 Å². The van der Waals surface area contributed by atoms with E-state index in [2.05, 4.69) is 15.9 Å². The lowest BCUT2D eigenvalue weighted by Gasteiger charge is -2.47. The van der Waals surface area contributed by atoms with Crippen molar-refractivity contribution >= 4 is 33.8 Å². The summed E-state index contributed by atoms with van der Waals surface area (Å²) in [5.74, 6) is -2.21.